The molecule has 1 fully saturated rings. The first kappa shape index (κ1) is 15.1. The van der Waals surface area contributed by atoms with E-state index in [0.29, 0.717) is 6.54 Å². The monoisotopic (exact) mass is 258 g/mol. The van der Waals surface area contributed by atoms with Crippen molar-refractivity contribution in [1.82, 2.24) is 9.62 Å². The quantitative estimate of drug-likeness (QED) is 0.751. The van der Waals surface area contributed by atoms with Crippen molar-refractivity contribution in [2.24, 2.45) is 0 Å². The predicted molar refractivity (Wildman–Crippen MR) is 61.9 cm³/mol. The molecule has 0 radical (unpaired) electrons. The lowest BCUT2D eigenvalue weighted by atomic mass is 10.3. The zero-order valence-corrected chi connectivity index (χ0v) is 10.7. The Bertz CT molecular complexity index is 271. The van der Waals surface area contributed by atoms with Crippen LogP contribution < -0.4 is 5.32 Å². The van der Waals surface area contributed by atoms with E-state index >= 15 is 0 Å². The minimum Gasteiger partial charge on any atom is -0.384 e. The van der Waals surface area contributed by atoms with Gasteiger partial charge >= 0.3 is 0 Å². The minimum absolute atomic E-state index is 0. The van der Waals surface area contributed by atoms with Gasteiger partial charge in [-0.3, -0.25) is 0 Å². The molecule has 1 N–H and O–H groups in total. The first-order valence-corrected chi connectivity index (χ1v) is 6.38. The summed E-state index contributed by atoms with van der Waals surface area (Å²) in [4.78, 5) is 0. The van der Waals surface area contributed by atoms with Crippen LogP contribution in [0.1, 0.15) is 6.92 Å². The molecule has 92 valence electrons. The van der Waals surface area contributed by atoms with Gasteiger partial charge in [0.1, 0.15) is 0 Å². The first-order chi connectivity index (χ1) is 6.58. The standard InChI is InChI=1S/C8H18N2O3S.ClH/c1-8-7-9-3-4-10(8)14(11,12)6-5-13-2;/h8-9H,3-7H2,1-2H3;1H/t8-;/m0./s1. The summed E-state index contributed by atoms with van der Waals surface area (Å²) in [5.41, 5.74) is 0. The number of piperazine rings is 1. The van der Waals surface area contributed by atoms with Crippen molar-refractivity contribution < 1.29 is 13.2 Å². The van der Waals surface area contributed by atoms with E-state index in [4.69, 9.17) is 4.74 Å². The molecule has 7 heteroatoms. The van der Waals surface area contributed by atoms with E-state index < -0.39 is 10.0 Å². The smallest absolute Gasteiger partial charge is 0.216 e. The summed E-state index contributed by atoms with van der Waals surface area (Å²) >= 11 is 0. The molecule has 0 saturated carbocycles. The average molecular weight is 259 g/mol. The molecule has 0 aromatic rings. The van der Waals surface area contributed by atoms with E-state index in [2.05, 4.69) is 5.32 Å². The molecule has 1 saturated heterocycles. The van der Waals surface area contributed by atoms with Gasteiger partial charge in [-0.05, 0) is 6.92 Å². The summed E-state index contributed by atoms with van der Waals surface area (Å²) in [5, 5.41) is 3.16. The molecule has 1 rings (SSSR count). The van der Waals surface area contributed by atoms with Crippen LogP contribution in [0, 0.1) is 0 Å². The Hall–Kier alpha value is 0.120. The summed E-state index contributed by atoms with van der Waals surface area (Å²) in [6.07, 6.45) is 0. The maximum atomic E-state index is 11.8. The molecule has 0 unspecified atom stereocenters. The van der Waals surface area contributed by atoms with Crippen LogP contribution in [-0.4, -0.2) is 57.9 Å². The van der Waals surface area contributed by atoms with Crippen molar-refractivity contribution in [1.29, 1.82) is 0 Å². The Morgan fingerprint density at radius 1 is 1.53 bits per heavy atom. The van der Waals surface area contributed by atoms with Crippen molar-refractivity contribution in [3.8, 4) is 0 Å². The Morgan fingerprint density at radius 2 is 2.20 bits per heavy atom. The second kappa shape index (κ2) is 6.65. The Morgan fingerprint density at radius 3 is 2.73 bits per heavy atom. The van der Waals surface area contributed by atoms with Gasteiger partial charge < -0.3 is 10.1 Å². The van der Waals surface area contributed by atoms with Crippen LogP contribution in [0.15, 0.2) is 0 Å². The Balaban J connectivity index is 0.00000196. The van der Waals surface area contributed by atoms with Gasteiger partial charge in [0.25, 0.3) is 0 Å². The van der Waals surface area contributed by atoms with Gasteiger partial charge in [0.15, 0.2) is 0 Å². The van der Waals surface area contributed by atoms with Crippen LogP contribution in [0.5, 0.6) is 0 Å². The van der Waals surface area contributed by atoms with Crippen LogP contribution in [-0.2, 0) is 14.8 Å². The van der Waals surface area contributed by atoms with Gasteiger partial charge in [0, 0.05) is 32.8 Å². The fourth-order valence-electron chi connectivity index (χ4n) is 1.54. The van der Waals surface area contributed by atoms with Gasteiger partial charge in [-0.15, -0.1) is 12.4 Å². The van der Waals surface area contributed by atoms with Crippen molar-refractivity contribution in [3.05, 3.63) is 0 Å². The number of hydrogen-bond acceptors (Lipinski definition) is 4. The van der Waals surface area contributed by atoms with Crippen LogP contribution in [0.2, 0.25) is 0 Å². The molecule has 1 aliphatic rings. The molecule has 1 heterocycles. The van der Waals surface area contributed by atoms with Crippen LogP contribution in [0.3, 0.4) is 0 Å². The third-order valence-corrected chi connectivity index (χ3v) is 4.28. The molecule has 0 amide bonds. The Kier molecular flexibility index (Phi) is 6.70. The van der Waals surface area contributed by atoms with E-state index in [1.807, 2.05) is 6.92 Å². The zero-order chi connectivity index (χ0) is 10.6. The maximum Gasteiger partial charge on any atom is 0.216 e. The number of methoxy groups -OCH3 is 1. The summed E-state index contributed by atoms with van der Waals surface area (Å²) in [5.74, 6) is 0.0772. The third kappa shape index (κ3) is 4.24. The number of rotatable bonds is 4. The third-order valence-electron chi connectivity index (χ3n) is 2.34. The second-order valence-corrected chi connectivity index (χ2v) is 5.51. The molecule has 1 aliphatic heterocycles. The highest BCUT2D eigenvalue weighted by atomic mass is 35.5. The lowest BCUT2D eigenvalue weighted by Crippen LogP contribution is -2.53. The number of nitrogens with zero attached hydrogens (tertiary/aromatic N) is 1. The lowest BCUT2D eigenvalue weighted by molar-refractivity contribution is 0.213. The number of sulfonamides is 1. The zero-order valence-electron chi connectivity index (χ0n) is 9.10. The molecule has 15 heavy (non-hydrogen) atoms. The van der Waals surface area contributed by atoms with Gasteiger partial charge in [0.05, 0.1) is 12.4 Å². The molecule has 0 spiro atoms. The van der Waals surface area contributed by atoms with Crippen molar-refractivity contribution >= 4 is 22.4 Å². The molecule has 0 aromatic heterocycles. The van der Waals surface area contributed by atoms with Gasteiger partial charge in [-0.2, -0.15) is 4.31 Å². The van der Waals surface area contributed by atoms with Crippen LogP contribution >= 0.6 is 12.4 Å². The number of ether oxygens (including phenoxy) is 1. The topological polar surface area (TPSA) is 58.6 Å². The second-order valence-electron chi connectivity index (χ2n) is 3.47. The van der Waals surface area contributed by atoms with E-state index in [-0.39, 0.29) is 30.8 Å². The van der Waals surface area contributed by atoms with Crippen LogP contribution in [0.4, 0.5) is 0 Å². The van der Waals surface area contributed by atoms with E-state index in [9.17, 15) is 8.42 Å². The van der Waals surface area contributed by atoms with E-state index in [0.717, 1.165) is 13.1 Å². The number of hydrogen-bond donors (Lipinski definition) is 1. The molecule has 1 atom stereocenters. The summed E-state index contributed by atoms with van der Waals surface area (Å²) in [6, 6.07) is 0.0469. The van der Waals surface area contributed by atoms with Gasteiger partial charge in [-0.1, -0.05) is 0 Å². The normalized spacial score (nSPS) is 23.5. The Labute approximate surface area is 97.6 Å². The van der Waals surface area contributed by atoms with Crippen molar-refractivity contribution in [2.75, 3.05) is 39.1 Å². The molecular weight excluding hydrogens is 240 g/mol. The minimum atomic E-state index is -3.13. The predicted octanol–water partition coefficient (Wildman–Crippen LogP) is -0.322. The molecule has 0 bridgehead atoms. The average Bonchev–Trinajstić information content (AvgIpc) is 2.15. The summed E-state index contributed by atoms with van der Waals surface area (Å²) in [6.45, 7) is 4.20. The highest BCUT2D eigenvalue weighted by molar-refractivity contribution is 7.89. The maximum absolute atomic E-state index is 11.8. The summed E-state index contributed by atoms with van der Waals surface area (Å²) in [7, 11) is -1.62. The van der Waals surface area contributed by atoms with Crippen LogP contribution in [0.25, 0.3) is 0 Å². The van der Waals surface area contributed by atoms with Crippen molar-refractivity contribution in [3.63, 3.8) is 0 Å². The fraction of sp³-hybridized carbons (Fsp3) is 1.00. The van der Waals surface area contributed by atoms with Gasteiger partial charge in [-0.25, -0.2) is 8.42 Å². The first-order valence-electron chi connectivity index (χ1n) is 4.77. The molecule has 0 aromatic carbocycles. The molecular formula is C8H19ClN2O3S. The SMILES string of the molecule is COCCS(=O)(=O)N1CCNC[C@@H]1C.Cl. The van der Waals surface area contributed by atoms with E-state index in [1.54, 1.807) is 4.31 Å². The number of nitrogens with one attached hydrogen (secondary N) is 1. The highest BCUT2D eigenvalue weighted by Crippen LogP contribution is 2.09. The molecule has 5 nitrogen and oxygen atoms in total. The van der Waals surface area contributed by atoms with Gasteiger partial charge in [0.2, 0.25) is 10.0 Å². The highest BCUT2D eigenvalue weighted by Gasteiger charge is 2.28. The van der Waals surface area contributed by atoms with E-state index in [1.165, 1.54) is 7.11 Å². The number of halogens is 1. The summed E-state index contributed by atoms with van der Waals surface area (Å²) < 4.78 is 29.9. The lowest BCUT2D eigenvalue weighted by Gasteiger charge is -2.32. The molecule has 0 aliphatic carbocycles. The largest absolute Gasteiger partial charge is 0.384 e. The fourth-order valence-corrected chi connectivity index (χ4v) is 3.15. The van der Waals surface area contributed by atoms with Crippen molar-refractivity contribution in [2.45, 2.75) is 13.0 Å².